The molecule has 1 atom stereocenters. The average molecular weight is 298 g/mol. The van der Waals surface area contributed by atoms with Crippen molar-refractivity contribution >= 4 is 11.6 Å². The van der Waals surface area contributed by atoms with Crippen LogP contribution in [0.15, 0.2) is 36.7 Å². The standard InChI is InChI=1S/C17H22N4O/c1-21(2)17-16(18-8-9-19-17)20-12-13-7-10-22-15-6-4-3-5-14(15)11-13/h3-6,8-9,13H,7,10-12H2,1-2H3,(H,18,20)/t13-/m1/s1. The van der Waals surface area contributed by atoms with Crippen molar-refractivity contribution < 1.29 is 4.74 Å². The maximum absolute atomic E-state index is 5.83. The molecule has 5 nitrogen and oxygen atoms in total. The summed E-state index contributed by atoms with van der Waals surface area (Å²) in [6.45, 7) is 1.64. The molecule has 1 aromatic carbocycles. The Morgan fingerprint density at radius 1 is 1.23 bits per heavy atom. The van der Waals surface area contributed by atoms with Gasteiger partial charge < -0.3 is 15.0 Å². The van der Waals surface area contributed by atoms with Crippen LogP contribution in [0.5, 0.6) is 5.75 Å². The predicted octanol–water partition coefficient (Wildman–Crippen LogP) is 2.60. The highest BCUT2D eigenvalue weighted by molar-refractivity contribution is 5.59. The smallest absolute Gasteiger partial charge is 0.171 e. The molecular weight excluding hydrogens is 276 g/mol. The van der Waals surface area contributed by atoms with Crippen molar-refractivity contribution in [2.24, 2.45) is 5.92 Å². The van der Waals surface area contributed by atoms with Gasteiger partial charge in [-0.2, -0.15) is 0 Å². The number of nitrogens with zero attached hydrogens (tertiary/aromatic N) is 3. The molecule has 116 valence electrons. The molecule has 0 aliphatic carbocycles. The summed E-state index contributed by atoms with van der Waals surface area (Å²) >= 11 is 0. The van der Waals surface area contributed by atoms with E-state index in [2.05, 4.69) is 33.5 Å². The lowest BCUT2D eigenvalue weighted by atomic mass is 9.97. The topological polar surface area (TPSA) is 50.3 Å². The number of ether oxygens (including phenoxy) is 1. The number of hydrogen-bond donors (Lipinski definition) is 1. The zero-order valence-corrected chi connectivity index (χ0v) is 13.1. The molecule has 1 aliphatic heterocycles. The van der Waals surface area contributed by atoms with Crippen LogP contribution in [-0.4, -0.2) is 37.2 Å². The van der Waals surface area contributed by atoms with Crippen molar-refractivity contribution in [2.45, 2.75) is 12.8 Å². The maximum Gasteiger partial charge on any atom is 0.171 e. The number of nitrogens with one attached hydrogen (secondary N) is 1. The Bertz CT molecular complexity index is 630. The van der Waals surface area contributed by atoms with Gasteiger partial charge in [-0.15, -0.1) is 0 Å². The molecule has 0 spiro atoms. The third kappa shape index (κ3) is 3.30. The lowest BCUT2D eigenvalue weighted by Crippen LogP contribution is -2.20. The molecule has 2 aromatic rings. The van der Waals surface area contributed by atoms with Crippen LogP contribution in [0, 0.1) is 5.92 Å². The van der Waals surface area contributed by atoms with Gasteiger partial charge in [0.15, 0.2) is 11.6 Å². The summed E-state index contributed by atoms with van der Waals surface area (Å²) in [6, 6.07) is 8.31. The van der Waals surface area contributed by atoms with E-state index in [1.807, 2.05) is 25.1 Å². The van der Waals surface area contributed by atoms with E-state index in [9.17, 15) is 0 Å². The van der Waals surface area contributed by atoms with E-state index in [1.165, 1.54) is 5.56 Å². The van der Waals surface area contributed by atoms with Gasteiger partial charge in [-0.05, 0) is 30.4 Å². The van der Waals surface area contributed by atoms with Gasteiger partial charge in [-0.25, -0.2) is 9.97 Å². The van der Waals surface area contributed by atoms with Crippen LogP contribution >= 0.6 is 0 Å². The van der Waals surface area contributed by atoms with Gasteiger partial charge in [0.25, 0.3) is 0 Å². The van der Waals surface area contributed by atoms with Crippen LogP contribution in [0.25, 0.3) is 0 Å². The number of benzene rings is 1. The average Bonchev–Trinajstić information content (AvgIpc) is 2.75. The predicted molar refractivity (Wildman–Crippen MR) is 88.6 cm³/mol. The largest absolute Gasteiger partial charge is 0.493 e. The maximum atomic E-state index is 5.83. The molecule has 0 bridgehead atoms. The number of fused-ring (bicyclic) bond motifs is 1. The van der Waals surface area contributed by atoms with Crippen LogP contribution < -0.4 is 15.0 Å². The Morgan fingerprint density at radius 2 is 2.05 bits per heavy atom. The number of hydrogen-bond acceptors (Lipinski definition) is 5. The van der Waals surface area contributed by atoms with Crippen LogP contribution in [0.3, 0.4) is 0 Å². The zero-order chi connectivity index (χ0) is 15.4. The molecule has 0 unspecified atom stereocenters. The second-order valence-electron chi connectivity index (χ2n) is 5.82. The minimum atomic E-state index is 0.528. The lowest BCUT2D eigenvalue weighted by molar-refractivity contribution is 0.298. The van der Waals surface area contributed by atoms with Crippen LogP contribution in [0.2, 0.25) is 0 Å². The van der Waals surface area contributed by atoms with E-state index < -0.39 is 0 Å². The summed E-state index contributed by atoms with van der Waals surface area (Å²) in [4.78, 5) is 10.8. The van der Waals surface area contributed by atoms with Gasteiger partial charge in [0.05, 0.1) is 6.61 Å². The van der Waals surface area contributed by atoms with E-state index >= 15 is 0 Å². The molecule has 3 rings (SSSR count). The summed E-state index contributed by atoms with van der Waals surface area (Å²) in [5, 5.41) is 3.45. The van der Waals surface area contributed by atoms with Gasteiger partial charge in [0.1, 0.15) is 5.75 Å². The van der Waals surface area contributed by atoms with Crippen molar-refractivity contribution in [3.63, 3.8) is 0 Å². The number of para-hydroxylation sites is 1. The molecule has 0 amide bonds. The van der Waals surface area contributed by atoms with Gasteiger partial charge in [0, 0.05) is 33.0 Å². The third-order valence-corrected chi connectivity index (χ3v) is 3.93. The molecule has 0 fully saturated rings. The SMILES string of the molecule is CN(C)c1nccnc1NC[C@@H]1CCOc2ccccc2C1. The monoisotopic (exact) mass is 298 g/mol. The van der Waals surface area contributed by atoms with E-state index in [4.69, 9.17) is 4.74 Å². The van der Waals surface area contributed by atoms with E-state index in [1.54, 1.807) is 12.4 Å². The fourth-order valence-corrected chi connectivity index (χ4v) is 2.76. The summed E-state index contributed by atoms with van der Waals surface area (Å²) in [5.41, 5.74) is 1.29. The Morgan fingerprint density at radius 3 is 2.91 bits per heavy atom. The molecule has 22 heavy (non-hydrogen) atoms. The molecule has 1 N–H and O–H groups in total. The van der Waals surface area contributed by atoms with Crippen LogP contribution in [0.4, 0.5) is 11.6 Å². The van der Waals surface area contributed by atoms with E-state index in [0.29, 0.717) is 5.92 Å². The van der Waals surface area contributed by atoms with Gasteiger partial charge in [0.2, 0.25) is 0 Å². The molecule has 2 heterocycles. The van der Waals surface area contributed by atoms with Crippen LogP contribution in [0.1, 0.15) is 12.0 Å². The first-order valence-corrected chi connectivity index (χ1v) is 7.67. The molecule has 0 radical (unpaired) electrons. The minimum absolute atomic E-state index is 0.528. The van der Waals surface area contributed by atoms with E-state index in [-0.39, 0.29) is 0 Å². The number of aromatic nitrogens is 2. The number of anilines is 2. The van der Waals surface area contributed by atoms with Gasteiger partial charge in [-0.1, -0.05) is 18.2 Å². The Kier molecular flexibility index (Phi) is 4.42. The van der Waals surface area contributed by atoms with Crippen molar-refractivity contribution in [2.75, 3.05) is 37.5 Å². The zero-order valence-electron chi connectivity index (χ0n) is 13.1. The Labute approximate surface area is 131 Å². The second kappa shape index (κ2) is 6.64. The van der Waals surface area contributed by atoms with Crippen molar-refractivity contribution in [1.82, 2.24) is 9.97 Å². The quantitative estimate of drug-likeness (QED) is 0.940. The van der Waals surface area contributed by atoms with Gasteiger partial charge >= 0.3 is 0 Å². The van der Waals surface area contributed by atoms with Gasteiger partial charge in [-0.3, -0.25) is 0 Å². The summed E-state index contributed by atoms with van der Waals surface area (Å²) in [5.74, 6) is 3.26. The minimum Gasteiger partial charge on any atom is -0.493 e. The molecule has 0 saturated carbocycles. The molecule has 1 aromatic heterocycles. The molecule has 5 heteroatoms. The first-order valence-electron chi connectivity index (χ1n) is 7.67. The summed E-state index contributed by atoms with van der Waals surface area (Å²) in [7, 11) is 3.95. The molecular formula is C17H22N4O. The highest BCUT2D eigenvalue weighted by Gasteiger charge is 2.18. The fraction of sp³-hybridized carbons (Fsp3) is 0.412. The molecule has 0 saturated heterocycles. The fourth-order valence-electron chi connectivity index (χ4n) is 2.76. The van der Waals surface area contributed by atoms with Crippen molar-refractivity contribution in [3.05, 3.63) is 42.2 Å². The Balaban J connectivity index is 1.67. The first-order chi connectivity index (χ1) is 10.7. The van der Waals surface area contributed by atoms with Crippen LogP contribution in [-0.2, 0) is 6.42 Å². The first kappa shape index (κ1) is 14.6. The Hall–Kier alpha value is -2.30. The second-order valence-corrected chi connectivity index (χ2v) is 5.82. The summed E-state index contributed by atoms with van der Waals surface area (Å²) in [6.07, 6.45) is 5.51. The highest BCUT2D eigenvalue weighted by Crippen LogP contribution is 2.27. The number of rotatable bonds is 4. The molecule has 1 aliphatic rings. The normalized spacial score (nSPS) is 17.1. The lowest BCUT2D eigenvalue weighted by Gasteiger charge is -2.19. The van der Waals surface area contributed by atoms with E-state index in [0.717, 1.165) is 43.4 Å². The third-order valence-electron chi connectivity index (χ3n) is 3.93. The van der Waals surface area contributed by atoms with Crippen molar-refractivity contribution in [3.8, 4) is 5.75 Å². The highest BCUT2D eigenvalue weighted by atomic mass is 16.5. The summed E-state index contributed by atoms with van der Waals surface area (Å²) < 4.78 is 5.83. The van der Waals surface area contributed by atoms with Crippen molar-refractivity contribution in [1.29, 1.82) is 0 Å².